The summed E-state index contributed by atoms with van der Waals surface area (Å²) in [6.07, 6.45) is 6.01. The number of aliphatic carboxylic acids is 1. The Morgan fingerprint density at radius 3 is 2.48 bits per heavy atom. The Morgan fingerprint density at radius 1 is 1.24 bits per heavy atom. The lowest BCUT2D eigenvalue weighted by molar-refractivity contribution is -0.141. The highest BCUT2D eigenvalue weighted by molar-refractivity contribution is 5.83. The molecule has 1 aliphatic heterocycles. The summed E-state index contributed by atoms with van der Waals surface area (Å²) >= 11 is 0. The van der Waals surface area contributed by atoms with Gasteiger partial charge in [0, 0.05) is 19.0 Å². The van der Waals surface area contributed by atoms with E-state index in [1.165, 1.54) is 17.7 Å². The second kappa shape index (κ2) is 7.11. The minimum absolute atomic E-state index is 0.105. The lowest BCUT2D eigenvalue weighted by Gasteiger charge is -2.31. The van der Waals surface area contributed by atoms with Crippen molar-refractivity contribution in [2.45, 2.75) is 70.1 Å². The molecule has 2 rings (SSSR count). The molecule has 2 atom stereocenters. The van der Waals surface area contributed by atoms with E-state index in [-0.39, 0.29) is 25.0 Å². The molecular formula is C15H26N2O4. The first kappa shape index (κ1) is 16.1. The lowest BCUT2D eigenvalue weighted by atomic mass is 9.83. The number of carbonyl (C=O) groups excluding carboxylic acids is 1. The summed E-state index contributed by atoms with van der Waals surface area (Å²) in [4.78, 5) is 24.6. The van der Waals surface area contributed by atoms with E-state index in [1.807, 2.05) is 0 Å². The van der Waals surface area contributed by atoms with Crippen LogP contribution in [0, 0.1) is 5.92 Å². The van der Waals surface area contributed by atoms with Gasteiger partial charge in [-0.1, -0.05) is 19.8 Å². The SMILES string of the molecule is CCCC1CCC(NC(=O)N2C[C@H](O)C[C@H]2C(=O)O)CC1. The molecule has 0 spiro atoms. The second-order valence-corrected chi connectivity index (χ2v) is 6.35. The van der Waals surface area contributed by atoms with Crippen molar-refractivity contribution in [2.24, 2.45) is 5.92 Å². The summed E-state index contributed by atoms with van der Waals surface area (Å²) < 4.78 is 0. The first-order chi connectivity index (χ1) is 10.0. The maximum absolute atomic E-state index is 12.2. The van der Waals surface area contributed by atoms with E-state index in [0.29, 0.717) is 0 Å². The van der Waals surface area contributed by atoms with Gasteiger partial charge in [-0.15, -0.1) is 0 Å². The Labute approximate surface area is 125 Å². The quantitative estimate of drug-likeness (QED) is 0.735. The van der Waals surface area contributed by atoms with E-state index in [4.69, 9.17) is 5.11 Å². The molecule has 3 N–H and O–H groups in total. The van der Waals surface area contributed by atoms with E-state index in [9.17, 15) is 14.7 Å². The molecule has 6 nitrogen and oxygen atoms in total. The summed E-state index contributed by atoms with van der Waals surface area (Å²) in [7, 11) is 0. The second-order valence-electron chi connectivity index (χ2n) is 6.35. The van der Waals surface area contributed by atoms with Gasteiger partial charge in [0.2, 0.25) is 0 Å². The van der Waals surface area contributed by atoms with Crippen molar-refractivity contribution in [3.8, 4) is 0 Å². The molecule has 1 saturated carbocycles. The molecule has 1 saturated heterocycles. The number of carboxylic acids is 1. The number of carboxylic acid groups (broad SMARTS) is 1. The van der Waals surface area contributed by atoms with E-state index >= 15 is 0 Å². The van der Waals surface area contributed by atoms with Crippen LogP contribution >= 0.6 is 0 Å². The molecule has 0 bridgehead atoms. The number of nitrogens with one attached hydrogen (secondary N) is 1. The monoisotopic (exact) mass is 298 g/mol. The smallest absolute Gasteiger partial charge is 0.326 e. The molecule has 0 aromatic heterocycles. The summed E-state index contributed by atoms with van der Waals surface area (Å²) in [5.74, 6) is -0.281. The largest absolute Gasteiger partial charge is 0.480 e. The zero-order chi connectivity index (χ0) is 15.4. The van der Waals surface area contributed by atoms with Crippen LogP contribution in [0.1, 0.15) is 51.9 Å². The Hall–Kier alpha value is -1.30. The highest BCUT2D eigenvalue weighted by Crippen LogP contribution is 2.28. The third-order valence-corrected chi connectivity index (χ3v) is 4.70. The molecule has 6 heteroatoms. The van der Waals surface area contributed by atoms with Crippen LogP contribution in [-0.4, -0.2) is 51.8 Å². The van der Waals surface area contributed by atoms with E-state index in [1.54, 1.807) is 0 Å². The van der Waals surface area contributed by atoms with Gasteiger partial charge >= 0.3 is 12.0 Å². The van der Waals surface area contributed by atoms with Gasteiger partial charge in [0.1, 0.15) is 6.04 Å². The van der Waals surface area contributed by atoms with Crippen LogP contribution in [0.2, 0.25) is 0 Å². The predicted octanol–water partition coefficient (Wildman–Crippen LogP) is 1.57. The van der Waals surface area contributed by atoms with Crippen LogP contribution in [0.15, 0.2) is 0 Å². The minimum atomic E-state index is -1.05. The first-order valence-corrected chi connectivity index (χ1v) is 7.99. The molecule has 2 fully saturated rings. The van der Waals surface area contributed by atoms with Crippen molar-refractivity contribution in [2.75, 3.05) is 6.54 Å². The Kier molecular flexibility index (Phi) is 5.45. The molecular weight excluding hydrogens is 272 g/mol. The standard InChI is InChI=1S/C15H26N2O4/c1-2-3-10-4-6-11(7-5-10)16-15(21)17-9-12(18)8-13(17)14(19)20/h10-13,18H,2-9H2,1H3,(H,16,21)(H,19,20)/t10?,11?,12-,13+/m1/s1. The number of β-amino-alcohol motifs (C(OH)–C–C–N with tert-alkyl or cyclic N) is 1. The summed E-state index contributed by atoms with van der Waals surface area (Å²) in [6.45, 7) is 2.30. The molecule has 2 amide bonds. The fourth-order valence-electron chi connectivity index (χ4n) is 3.53. The molecule has 120 valence electrons. The topological polar surface area (TPSA) is 89.9 Å². The fraction of sp³-hybridized carbons (Fsp3) is 0.867. The van der Waals surface area contributed by atoms with Gasteiger partial charge in [-0.05, 0) is 31.6 Å². The minimum Gasteiger partial charge on any atom is -0.480 e. The summed E-state index contributed by atoms with van der Waals surface area (Å²) in [6, 6.07) is -1.12. The van der Waals surface area contributed by atoms with Crippen molar-refractivity contribution in [3.63, 3.8) is 0 Å². The number of rotatable bonds is 4. The van der Waals surface area contributed by atoms with Gasteiger partial charge in [0.25, 0.3) is 0 Å². The number of aliphatic hydroxyl groups is 1. The van der Waals surface area contributed by atoms with Gasteiger partial charge in [-0.25, -0.2) is 9.59 Å². The maximum Gasteiger partial charge on any atom is 0.326 e. The normalized spacial score (nSPS) is 33.0. The van der Waals surface area contributed by atoms with Crippen LogP contribution < -0.4 is 5.32 Å². The predicted molar refractivity (Wildman–Crippen MR) is 77.9 cm³/mol. The molecule has 1 aliphatic carbocycles. The Morgan fingerprint density at radius 2 is 1.90 bits per heavy atom. The van der Waals surface area contributed by atoms with Gasteiger partial charge in [0.05, 0.1) is 6.10 Å². The summed E-state index contributed by atoms with van der Waals surface area (Å²) in [5, 5.41) is 21.6. The molecule has 0 aromatic rings. The highest BCUT2D eigenvalue weighted by Gasteiger charge is 2.39. The molecule has 0 unspecified atom stereocenters. The summed E-state index contributed by atoms with van der Waals surface area (Å²) in [5.41, 5.74) is 0. The average molecular weight is 298 g/mol. The van der Waals surface area contributed by atoms with E-state index in [2.05, 4.69) is 12.2 Å². The first-order valence-electron chi connectivity index (χ1n) is 7.99. The van der Waals surface area contributed by atoms with E-state index < -0.39 is 18.1 Å². The highest BCUT2D eigenvalue weighted by atomic mass is 16.4. The third-order valence-electron chi connectivity index (χ3n) is 4.70. The van der Waals surface area contributed by atoms with E-state index in [0.717, 1.165) is 31.6 Å². The van der Waals surface area contributed by atoms with Gasteiger partial charge in [0.15, 0.2) is 0 Å². The number of amides is 2. The Balaban J connectivity index is 1.83. The van der Waals surface area contributed by atoms with Crippen molar-refractivity contribution < 1.29 is 19.8 Å². The zero-order valence-electron chi connectivity index (χ0n) is 12.6. The van der Waals surface area contributed by atoms with Crippen molar-refractivity contribution in [1.82, 2.24) is 10.2 Å². The third kappa shape index (κ3) is 4.09. The van der Waals surface area contributed by atoms with Crippen LogP contribution in [0.25, 0.3) is 0 Å². The molecule has 21 heavy (non-hydrogen) atoms. The number of urea groups is 1. The van der Waals surface area contributed by atoms with Crippen LogP contribution in [0.4, 0.5) is 4.79 Å². The molecule has 2 aliphatic rings. The number of hydrogen-bond acceptors (Lipinski definition) is 3. The average Bonchev–Trinajstić information content (AvgIpc) is 2.84. The van der Waals surface area contributed by atoms with Crippen molar-refractivity contribution in [1.29, 1.82) is 0 Å². The van der Waals surface area contributed by atoms with Crippen molar-refractivity contribution >= 4 is 12.0 Å². The van der Waals surface area contributed by atoms with Crippen LogP contribution in [0.5, 0.6) is 0 Å². The van der Waals surface area contributed by atoms with Gasteiger partial charge in [-0.2, -0.15) is 0 Å². The fourth-order valence-corrected chi connectivity index (χ4v) is 3.53. The number of nitrogens with zero attached hydrogens (tertiary/aromatic N) is 1. The number of likely N-dealkylation sites (tertiary alicyclic amines) is 1. The van der Waals surface area contributed by atoms with Crippen molar-refractivity contribution in [3.05, 3.63) is 0 Å². The molecule has 0 radical (unpaired) electrons. The molecule has 1 heterocycles. The van der Waals surface area contributed by atoms with Gasteiger partial charge in [-0.3, -0.25) is 0 Å². The Bertz CT molecular complexity index is 380. The van der Waals surface area contributed by atoms with Crippen LogP contribution in [-0.2, 0) is 4.79 Å². The van der Waals surface area contributed by atoms with Gasteiger partial charge < -0.3 is 20.4 Å². The lowest BCUT2D eigenvalue weighted by Crippen LogP contribution is -2.50. The zero-order valence-corrected chi connectivity index (χ0v) is 12.6. The number of aliphatic hydroxyl groups excluding tert-OH is 1. The number of hydrogen-bond donors (Lipinski definition) is 3. The van der Waals surface area contributed by atoms with Crippen LogP contribution in [0.3, 0.4) is 0 Å². The number of carbonyl (C=O) groups is 2. The molecule has 0 aromatic carbocycles. The maximum atomic E-state index is 12.2.